The Bertz CT molecular complexity index is 655. The zero-order valence-corrected chi connectivity index (χ0v) is 14.5. The number of carbonyl (C=O) groups excluding carboxylic acids is 1. The molecule has 0 bridgehead atoms. The maximum Gasteiger partial charge on any atom is 0.276 e. The molecule has 0 spiro atoms. The second kappa shape index (κ2) is 8.98. The summed E-state index contributed by atoms with van der Waals surface area (Å²) >= 11 is 0. The molecule has 2 rings (SSSR count). The molecule has 24 heavy (non-hydrogen) atoms. The van der Waals surface area contributed by atoms with Gasteiger partial charge in [-0.3, -0.25) is 4.79 Å². The molecule has 0 saturated carbocycles. The molecule has 0 saturated heterocycles. The average molecular weight is 327 g/mol. The van der Waals surface area contributed by atoms with Crippen LogP contribution >= 0.6 is 0 Å². The molecule has 2 aromatic rings. The zero-order chi connectivity index (χ0) is 17.4. The molecule has 0 aliphatic rings. The van der Waals surface area contributed by atoms with Crippen molar-refractivity contribution in [1.82, 2.24) is 15.1 Å². The van der Waals surface area contributed by atoms with E-state index in [1.54, 1.807) is 12.1 Å². The summed E-state index contributed by atoms with van der Waals surface area (Å²) in [5.41, 5.74) is 2.22. The maximum atomic E-state index is 12.3. The van der Waals surface area contributed by atoms with Gasteiger partial charge in [-0.15, -0.1) is 10.2 Å². The highest BCUT2D eigenvalue weighted by Gasteiger charge is 2.10. The summed E-state index contributed by atoms with van der Waals surface area (Å²) < 4.78 is 0. The van der Waals surface area contributed by atoms with E-state index in [1.807, 2.05) is 38.4 Å². The zero-order valence-electron chi connectivity index (χ0n) is 14.5. The number of carbonyl (C=O) groups is 1. The van der Waals surface area contributed by atoms with Crippen LogP contribution in [0.1, 0.15) is 29.4 Å². The van der Waals surface area contributed by atoms with Gasteiger partial charge in [-0.05, 0) is 57.2 Å². The predicted molar refractivity (Wildman–Crippen MR) is 97.5 cm³/mol. The van der Waals surface area contributed by atoms with Crippen molar-refractivity contribution in [3.8, 4) is 0 Å². The van der Waals surface area contributed by atoms with E-state index in [0.29, 0.717) is 11.5 Å². The third-order valence-electron chi connectivity index (χ3n) is 3.63. The van der Waals surface area contributed by atoms with Crippen molar-refractivity contribution in [2.24, 2.45) is 0 Å². The first-order valence-corrected chi connectivity index (χ1v) is 8.21. The minimum absolute atomic E-state index is 0.248. The molecule has 0 radical (unpaired) electrons. The molecule has 1 aromatic heterocycles. The summed E-state index contributed by atoms with van der Waals surface area (Å²) in [7, 11) is 4.09. The number of nitrogens with one attached hydrogen (secondary N) is 2. The lowest BCUT2D eigenvalue weighted by atomic mass is 10.1. The number of hydrogen-bond donors (Lipinski definition) is 2. The maximum absolute atomic E-state index is 12.3. The van der Waals surface area contributed by atoms with Crippen LogP contribution < -0.4 is 10.6 Å². The Hall–Kier alpha value is -2.47. The van der Waals surface area contributed by atoms with Crippen LogP contribution in [0, 0.1) is 0 Å². The molecular formula is C18H25N5O. The van der Waals surface area contributed by atoms with E-state index < -0.39 is 0 Å². The summed E-state index contributed by atoms with van der Waals surface area (Å²) in [6.45, 7) is 3.89. The first-order valence-electron chi connectivity index (χ1n) is 8.21. The monoisotopic (exact) mass is 327 g/mol. The quantitative estimate of drug-likeness (QED) is 0.730. The molecular weight excluding hydrogens is 302 g/mol. The SMILES string of the molecule is CCc1ccccc1NC(=O)c1ccc(NCCCN(C)C)nn1. The van der Waals surface area contributed by atoms with Gasteiger partial charge < -0.3 is 15.5 Å². The van der Waals surface area contributed by atoms with E-state index in [2.05, 4.69) is 32.7 Å². The van der Waals surface area contributed by atoms with Crippen molar-refractivity contribution in [3.05, 3.63) is 47.7 Å². The summed E-state index contributed by atoms with van der Waals surface area (Å²) in [6, 6.07) is 11.2. The van der Waals surface area contributed by atoms with Crippen molar-refractivity contribution in [1.29, 1.82) is 0 Å². The van der Waals surface area contributed by atoms with Gasteiger partial charge in [0.25, 0.3) is 5.91 Å². The first-order chi connectivity index (χ1) is 11.6. The van der Waals surface area contributed by atoms with Crippen molar-refractivity contribution < 1.29 is 4.79 Å². The van der Waals surface area contributed by atoms with Crippen LogP contribution in [0.3, 0.4) is 0 Å². The van der Waals surface area contributed by atoms with E-state index in [-0.39, 0.29) is 5.91 Å². The molecule has 1 heterocycles. The van der Waals surface area contributed by atoms with Gasteiger partial charge in [-0.2, -0.15) is 0 Å². The predicted octanol–water partition coefficient (Wildman–Crippen LogP) is 2.65. The highest BCUT2D eigenvalue weighted by atomic mass is 16.1. The van der Waals surface area contributed by atoms with Crippen LogP contribution in [0.4, 0.5) is 11.5 Å². The molecule has 1 amide bonds. The second-order valence-electron chi connectivity index (χ2n) is 5.85. The van der Waals surface area contributed by atoms with Gasteiger partial charge in [0.15, 0.2) is 5.69 Å². The lowest BCUT2D eigenvalue weighted by Gasteiger charge is -2.10. The van der Waals surface area contributed by atoms with Gasteiger partial charge in [0.2, 0.25) is 0 Å². The number of para-hydroxylation sites is 1. The number of aromatic nitrogens is 2. The van der Waals surface area contributed by atoms with Gasteiger partial charge in [-0.1, -0.05) is 25.1 Å². The first kappa shape index (κ1) is 17.9. The fourth-order valence-corrected chi connectivity index (χ4v) is 2.30. The van der Waals surface area contributed by atoms with Crippen LogP contribution in [0.5, 0.6) is 0 Å². The standard InChI is InChI=1S/C18H25N5O/c1-4-14-8-5-6-9-15(14)20-18(24)16-10-11-17(22-21-16)19-12-7-13-23(2)3/h5-6,8-11H,4,7,12-13H2,1-3H3,(H,19,22)(H,20,24). The van der Waals surface area contributed by atoms with Crippen LogP contribution in [-0.2, 0) is 6.42 Å². The van der Waals surface area contributed by atoms with Crippen molar-refractivity contribution in [3.63, 3.8) is 0 Å². The Morgan fingerprint density at radius 3 is 2.58 bits per heavy atom. The molecule has 0 unspecified atom stereocenters. The molecule has 0 aliphatic heterocycles. The number of aryl methyl sites for hydroxylation is 1. The fraction of sp³-hybridized carbons (Fsp3) is 0.389. The summed E-state index contributed by atoms with van der Waals surface area (Å²) in [5.74, 6) is 0.432. The van der Waals surface area contributed by atoms with Crippen LogP contribution in [0.2, 0.25) is 0 Å². The largest absolute Gasteiger partial charge is 0.369 e. The topological polar surface area (TPSA) is 70.2 Å². The number of rotatable bonds is 8. The van der Waals surface area contributed by atoms with E-state index in [4.69, 9.17) is 0 Å². The van der Waals surface area contributed by atoms with Crippen molar-refractivity contribution in [2.75, 3.05) is 37.8 Å². The lowest BCUT2D eigenvalue weighted by molar-refractivity contribution is 0.102. The van der Waals surface area contributed by atoms with E-state index in [0.717, 1.165) is 37.2 Å². The smallest absolute Gasteiger partial charge is 0.276 e. The van der Waals surface area contributed by atoms with Crippen LogP contribution in [-0.4, -0.2) is 48.2 Å². The summed E-state index contributed by atoms with van der Waals surface area (Å²) in [5, 5.41) is 14.2. The molecule has 2 N–H and O–H groups in total. The third kappa shape index (κ3) is 5.31. The minimum Gasteiger partial charge on any atom is -0.369 e. The van der Waals surface area contributed by atoms with Gasteiger partial charge in [0, 0.05) is 12.2 Å². The molecule has 0 fully saturated rings. The highest BCUT2D eigenvalue weighted by Crippen LogP contribution is 2.16. The molecule has 0 atom stereocenters. The summed E-state index contributed by atoms with van der Waals surface area (Å²) in [4.78, 5) is 14.4. The van der Waals surface area contributed by atoms with E-state index >= 15 is 0 Å². The number of benzene rings is 1. The molecule has 6 nitrogen and oxygen atoms in total. The van der Waals surface area contributed by atoms with Gasteiger partial charge in [0.1, 0.15) is 5.82 Å². The normalized spacial score (nSPS) is 10.7. The lowest BCUT2D eigenvalue weighted by Crippen LogP contribution is -2.18. The highest BCUT2D eigenvalue weighted by molar-refractivity contribution is 6.03. The Balaban J connectivity index is 1.91. The van der Waals surface area contributed by atoms with Crippen molar-refractivity contribution >= 4 is 17.4 Å². The second-order valence-corrected chi connectivity index (χ2v) is 5.85. The number of hydrogen-bond acceptors (Lipinski definition) is 5. The molecule has 0 aliphatic carbocycles. The van der Waals surface area contributed by atoms with Gasteiger partial charge in [-0.25, -0.2) is 0 Å². The Morgan fingerprint density at radius 1 is 1.12 bits per heavy atom. The van der Waals surface area contributed by atoms with Crippen molar-refractivity contribution in [2.45, 2.75) is 19.8 Å². The number of anilines is 2. The molecule has 128 valence electrons. The number of amides is 1. The fourth-order valence-electron chi connectivity index (χ4n) is 2.30. The third-order valence-corrected chi connectivity index (χ3v) is 3.63. The van der Waals surface area contributed by atoms with E-state index in [9.17, 15) is 4.79 Å². The molecule has 1 aromatic carbocycles. The van der Waals surface area contributed by atoms with E-state index in [1.165, 1.54) is 0 Å². The Kier molecular flexibility index (Phi) is 6.69. The average Bonchev–Trinajstić information content (AvgIpc) is 2.59. The summed E-state index contributed by atoms with van der Waals surface area (Å²) in [6.07, 6.45) is 1.88. The Labute approximate surface area is 143 Å². The number of nitrogens with zero attached hydrogens (tertiary/aromatic N) is 3. The van der Waals surface area contributed by atoms with Crippen LogP contribution in [0.15, 0.2) is 36.4 Å². The Morgan fingerprint density at radius 2 is 1.92 bits per heavy atom. The molecule has 6 heteroatoms. The van der Waals surface area contributed by atoms with Gasteiger partial charge >= 0.3 is 0 Å². The van der Waals surface area contributed by atoms with Gasteiger partial charge in [0.05, 0.1) is 0 Å². The minimum atomic E-state index is -0.248. The van der Waals surface area contributed by atoms with Crippen LogP contribution in [0.25, 0.3) is 0 Å².